The van der Waals surface area contributed by atoms with E-state index < -0.39 is 0 Å². The number of amides is 1. The lowest BCUT2D eigenvalue weighted by molar-refractivity contribution is 0.0963. The first kappa shape index (κ1) is 9.96. The van der Waals surface area contributed by atoms with Crippen molar-refractivity contribution in [2.75, 3.05) is 25.0 Å². The molecule has 0 spiro atoms. The van der Waals surface area contributed by atoms with Gasteiger partial charge in [0.25, 0.3) is 5.91 Å². The number of nitrogens with one attached hydrogen (secondary N) is 1. The standard InChI is InChI=1S/C11H15N3O/c1-12-11(15)9-4-5-10(13-8-9)14-6-2-3-7-14/h4-5,8H,2-3,6-7H2,1H3,(H,12,15). The third kappa shape index (κ3) is 2.09. The minimum atomic E-state index is -0.0875. The summed E-state index contributed by atoms with van der Waals surface area (Å²) < 4.78 is 0. The van der Waals surface area contributed by atoms with Crippen LogP contribution < -0.4 is 10.2 Å². The lowest BCUT2D eigenvalue weighted by Crippen LogP contribution is -2.21. The maximum atomic E-state index is 11.3. The van der Waals surface area contributed by atoms with Crippen LogP contribution in [0.3, 0.4) is 0 Å². The zero-order chi connectivity index (χ0) is 10.7. The van der Waals surface area contributed by atoms with Gasteiger partial charge in [0, 0.05) is 26.3 Å². The highest BCUT2D eigenvalue weighted by molar-refractivity contribution is 5.93. The van der Waals surface area contributed by atoms with Crippen molar-refractivity contribution < 1.29 is 4.79 Å². The molecule has 2 rings (SSSR count). The Balaban J connectivity index is 2.12. The Labute approximate surface area is 89.3 Å². The second-order valence-corrected chi connectivity index (χ2v) is 3.68. The summed E-state index contributed by atoms with van der Waals surface area (Å²) in [5, 5.41) is 2.58. The van der Waals surface area contributed by atoms with E-state index in [-0.39, 0.29) is 5.91 Å². The molecule has 0 saturated carbocycles. The van der Waals surface area contributed by atoms with Gasteiger partial charge in [-0.2, -0.15) is 0 Å². The van der Waals surface area contributed by atoms with E-state index in [2.05, 4.69) is 15.2 Å². The van der Waals surface area contributed by atoms with Crippen LogP contribution in [0.15, 0.2) is 18.3 Å². The quantitative estimate of drug-likeness (QED) is 0.784. The van der Waals surface area contributed by atoms with Gasteiger partial charge in [0.05, 0.1) is 5.56 Å². The molecule has 15 heavy (non-hydrogen) atoms. The topological polar surface area (TPSA) is 45.2 Å². The molecule has 80 valence electrons. The number of hydrogen-bond donors (Lipinski definition) is 1. The van der Waals surface area contributed by atoms with E-state index in [9.17, 15) is 4.79 Å². The third-order valence-corrected chi connectivity index (χ3v) is 2.67. The van der Waals surface area contributed by atoms with Gasteiger partial charge in [0.2, 0.25) is 0 Å². The predicted octanol–water partition coefficient (Wildman–Crippen LogP) is 1.04. The molecule has 0 bridgehead atoms. The van der Waals surface area contributed by atoms with Crippen molar-refractivity contribution in [3.63, 3.8) is 0 Å². The van der Waals surface area contributed by atoms with Crippen LogP contribution in [0.25, 0.3) is 0 Å². The molecule has 0 aromatic carbocycles. The molecule has 2 heterocycles. The van der Waals surface area contributed by atoms with E-state index in [1.807, 2.05) is 12.1 Å². The second-order valence-electron chi connectivity index (χ2n) is 3.68. The van der Waals surface area contributed by atoms with E-state index in [1.165, 1.54) is 12.8 Å². The maximum absolute atomic E-state index is 11.3. The number of carbonyl (C=O) groups excluding carboxylic acids is 1. The molecule has 1 aromatic heterocycles. The van der Waals surface area contributed by atoms with Crippen molar-refractivity contribution in [1.29, 1.82) is 0 Å². The van der Waals surface area contributed by atoms with E-state index in [1.54, 1.807) is 13.2 Å². The molecule has 1 aromatic rings. The number of aromatic nitrogens is 1. The van der Waals surface area contributed by atoms with Gasteiger partial charge in [-0.05, 0) is 25.0 Å². The molecular formula is C11H15N3O. The summed E-state index contributed by atoms with van der Waals surface area (Å²) in [6, 6.07) is 3.73. The Morgan fingerprint density at radius 3 is 2.67 bits per heavy atom. The molecule has 1 aliphatic rings. The monoisotopic (exact) mass is 205 g/mol. The lowest BCUT2D eigenvalue weighted by atomic mass is 10.2. The minimum Gasteiger partial charge on any atom is -0.357 e. The number of nitrogens with zero attached hydrogens (tertiary/aromatic N) is 2. The summed E-state index contributed by atoms with van der Waals surface area (Å²) in [6.45, 7) is 2.15. The van der Waals surface area contributed by atoms with Gasteiger partial charge in [0.15, 0.2) is 0 Å². The van der Waals surface area contributed by atoms with Crippen molar-refractivity contribution in [2.24, 2.45) is 0 Å². The summed E-state index contributed by atoms with van der Waals surface area (Å²) in [4.78, 5) is 17.8. The Hall–Kier alpha value is -1.58. The Morgan fingerprint density at radius 1 is 1.40 bits per heavy atom. The molecule has 1 fully saturated rings. The highest BCUT2D eigenvalue weighted by Crippen LogP contribution is 2.17. The molecule has 1 aliphatic heterocycles. The van der Waals surface area contributed by atoms with Crippen LogP contribution in [0.1, 0.15) is 23.2 Å². The van der Waals surface area contributed by atoms with Crippen molar-refractivity contribution in [3.05, 3.63) is 23.9 Å². The zero-order valence-corrected chi connectivity index (χ0v) is 8.86. The van der Waals surface area contributed by atoms with Crippen LogP contribution >= 0.6 is 0 Å². The summed E-state index contributed by atoms with van der Waals surface area (Å²) in [5.74, 6) is 0.885. The maximum Gasteiger partial charge on any atom is 0.252 e. The fourth-order valence-corrected chi connectivity index (χ4v) is 1.80. The number of pyridine rings is 1. The van der Waals surface area contributed by atoms with Crippen LogP contribution in [-0.2, 0) is 0 Å². The van der Waals surface area contributed by atoms with Gasteiger partial charge in [-0.15, -0.1) is 0 Å². The van der Waals surface area contributed by atoms with Crippen molar-refractivity contribution in [2.45, 2.75) is 12.8 Å². The van der Waals surface area contributed by atoms with E-state index >= 15 is 0 Å². The minimum absolute atomic E-state index is 0.0875. The van der Waals surface area contributed by atoms with E-state index in [4.69, 9.17) is 0 Å². The first-order valence-electron chi connectivity index (χ1n) is 5.24. The molecule has 1 N–H and O–H groups in total. The van der Waals surface area contributed by atoms with Crippen molar-refractivity contribution >= 4 is 11.7 Å². The SMILES string of the molecule is CNC(=O)c1ccc(N2CCCC2)nc1. The van der Waals surface area contributed by atoms with Gasteiger partial charge >= 0.3 is 0 Å². The highest BCUT2D eigenvalue weighted by Gasteiger charge is 2.13. The summed E-state index contributed by atoms with van der Waals surface area (Å²) >= 11 is 0. The molecule has 0 radical (unpaired) electrons. The number of rotatable bonds is 2. The third-order valence-electron chi connectivity index (χ3n) is 2.67. The van der Waals surface area contributed by atoms with Gasteiger partial charge in [0.1, 0.15) is 5.82 Å². The molecular weight excluding hydrogens is 190 g/mol. The molecule has 0 unspecified atom stereocenters. The lowest BCUT2D eigenvalue weighted by Gasteiger charge is -2.15. The Kier molecular flexibility index (Phi) is 2.85. The van der Waals surface area contributed by atoms with Crippen molar-refractivity contribution in [1.82, 2.24) is 10.3 Å². The molecule has 1 saturated heterocycles. The predicted molar refractivity (Wildman–Crippen MR) is 59.1 cm³/mol. The van der Waals surface area contributed by atoms with Crippen molar-refractivity contribution in [3.8, 4) is 0 Å². The number of hydrogen-bond acceptors (Lipinski definition) is 3. The van der Waals surface area contributed by atoms with Crippen LogP contribution in [0.5, 0.6) is 0 Å². The van der Waals surface area contributed by atoms with Gasteiger partial charge in [-0.1, -0.05) is 0 Å². The normalized spacial score (nSPS) is 15.4. The average molecular weight is 205 g/mol. The first-order chi connectivity index (χ1) is 7.31. The highest BCUT2D eigenvalue weighted by atomic mass is 16.1. The summed E-state index contributed by atoms with van der Waals surface area (Å²) in [5.41, 5.74) is 0.612. The van der Waals surface area contributed by atoms with E-state index in [0.717, 1.165) is 18.9 Å². The fourth-order valence-electron chi connectivity index (χ4n) is 1.80. The zero-order valence-electron chi connectivity index (χ0n) is 8.86. The fraction of sp³-hybridized carbons (Fsp3) is 0.455. The van der Waals surface area contributed by atoms with Gasteiger partial charge < -0.3 is 10.2 Å². The largest absolute Gasteiger partial charge is 0.357 e. The Morgan fingerprint density at radius 2 is 2.13 bits per heavy atom. The van der Waals surface area contributed by atoms with Crippen LogP contribution in [0.4, 0.5) is 5.82 Å². The molecule has 0 aliphatic carbocycles. The molecule has 1 amide bonds. The molecule has 4 heteroatoms. The van der Waals surface area contributed by atoms with Crippen LogP contribution in [-0.4, -0.2) is 31.0 Å². The number of anilines is 1. The molecule has 4 nitrogen and oxygen atoms in total. The number of carbonyl (C=O) groups is 1. The van der Waals surface area contributed by atoms with Crippen LogP contribution in [0.2, 0.25) is 0 Å². The first-order valence-corrected chi connectivity index (χ1v) is 5.24. The van der Waals surface area contributed by atoms with Crippen LogP contribution in [0, 0.1) is 0 Å². The molecule has 0 atom stereocenters. The second kappa shape index (κ2) is 4.29. The average Bonchev–Trinajstić information content (AvgIpc) is 2.82. The summed E-state index contributed by atoms with van der Waals surface area (Å²) in [7, 11) is 1.62. The van der Waals surface area contributed by atoms with Gasteiger partial charge in [-0.25, -0.2) is 4.98 Å². The van der Waals surface area contributed by atoms with Gasteiger partial charge in [-0.3, -0.25) is 4.79 Å². The van der Waals surface area contributed by atoms with E-state index in [0.29, 0.717) is 5.56 Å². The smallest absolute Gasteiger partial charge is 0.252 e. The Bertz CT molecular complexity index is 341. The summed E-state index contributed by atoms with van der Waals surface area (Å²) in [6.07, 6.45) is 4.10.